The molecule has 18 heavy (non-hydrogen) atoms. The Labute approximate surface area is 109 Å². The van der Waals surface area contributed by atoms with Crippen molar-refractivity contribution in [1.29, 1.82) is 0 Å². The third-order valence-electron chi connectivity index (χ3n) is 2.47. The van der Waals surface area contributed by atoms with Crippen molar-refractivity contribution in [2.24, 2.45) is 12.8 Å². The maximum absolute atomic E-state index is 11.4. The summed E-state index contributed by atoms with van der Waals surface area (Å²) in [4.78, 5) is 22.7. The third-order valence-corrected chi connectivity index (χ3v) is 2.47. The standard InChI is InChI=1S/C11H13N3O3.ClH/c1-6(12)10(15)13-7-3-4-8-9(5-7)17-11(16)14(8)2;/h3-6H,12H2,1-2H3,(H,13,15);1H/t6-;/m0./s1. The summed E-state index contributed by atoms with van der Waals surface area (Å²) < 4.78 is 6.40. The van der Waals surface area contributed by atoms with E-state index in [4.69, 9.17) is 10.2 Å². The molecule has 0 radical (unpaired) electrons. The number of carbonyl (C=O) groups excluding carboxylic acids is 1. The molecule has 0 aliphatic carbocycles. The van der Waals surface area contributed by atoms with Gasteiger partial charge in [-0.25, -0.2) is 4.79 Å². The van der Waals surface area contributed by atoms with Crippen LogP contribution in [0.3, 0.4) is 0 Å². The van der Waals surface area contributed by atoms with Gasteiger partial charge in [-0.1, -0.05) is 0 Å². The van der Waals surface area contributed by atoms with Gasteiger partial charge in [0.05, 0.1) is 11.6 Å². The smallest absolute Gasteiger partial charge is 0.408 e. The second-order valence-corrected chi connectivity index (χ2v) is 3.89. The molecule has 0 saturated heterocycles. The van der Waals surface area contributed by atoms with Crippen LogP contribution in [0.1, 0.15) is 6.92 Å². The number of anilines is 1. The Morgan fingerprint density at radius 1 is 1.50 bits per heavy atom. The summed E-state index contributed by atoms with van der Waals surface area (Å²) in [5.74, 6) is -0.724. The summed E-state index contributed by atoms with van der Waals surface area (Å²) >= 11 is 0. The number of nitrogens with one attached hydrogen (secondary N) is 1. The van der Waals surface area contributed by atoms with Crippen molar-refractivity contribution in [1.82, 2.24) is 4.57 Å². The molecular formula is C11H14ClN3O3. The fraction of sp³-hybridized carbons (Fsp3) is 0.273. The molecule has 3 N–H and O–H groups in total. The molecule has 0 fully saturated rings. The Morgan fingerprint density at radius 2 is 2.17 bits per heavy atom. The lowest BCUT2D eigenvalue weighted by molar-refractivity contribution is -0.117. The van der Waals surface area contributed by atoms with Gasteiger partial charge in [0.15, 0.2) is 5.58 Å². The molecule has 1 atom stereocenters. The van der Waals surface area contributed by atoms with Crippen LogP contribution in [0.5, 0.6) is 0 Å². The van der Waals surface area contributed by atoms with Crippen molar-refractivity contribution < 1.29 is 9.21 Å². The fourth-order valence-electron chi connectivity index (χ4n) is 1.47. The number of aromatic nitrogens is 1. The number of rotatable bonds is 2. The number of nitrogens with zero attached hydrogens (tertiary/aromatic N) is 1. The third kappa shape index (κ3) is 2.55. The van der Waals surface area contributed by atoms with Crippen LogP contribution in [0, 0.1) is 0 Å². The molecule has 2 aromatic rings. The van der Waals surface area contributed by atoms with Crippen LogP contribution < -0.4 is 16.8 Å². The summed E-state index contributed by atoms with van der Waals surface area (Å²) in [7, 11) is 1.62. The van der Waals surface area contributed by atoms with Crippen LogP contribution in [0.4, 0.5) is 5.69 Å². The van der Waals surface area contributed by atoms with Crippen LogP contribution in [-0.2, 0) is 11.8 Å². The molecule has 7 heteroatoms. The highest BCUT2D eigenvalue weighted by molar-refractivity contribution is 5.95. The topological polar surface area (TPSA) is 90.3 Å². The minimum Gasteiger partial charge on any atom is -0.408 e. The molecule has 0 spiro atoms. The number of halogens is 1. The van der Waals surface area contributed by atoms with E-state index in [1.807, 2.05) is 0 Å². The summed E-state index contributed by atoms with van der Waals surface area (Å²) in [6.07, 6.45) is 0. The van der Waals surface area contributed by atoms with Crippen LogP contribution in [0.2, 0.25) is 0 Å². The van der Waals surface area contributed by atoms with Crippen LogP contribution in [-0.4, -0.2) is 16.5 Å². The molecule has 0 saturated carbocycles. The lowest BCUT2D eigenvalue weighted by Crippen LogP contribution is -2.32. The second-order valence-electron chi connectivity index (χ2n) is 3.89. The molecule has 1 aromatic carbocycles. The Hall–Kier alpha value is -1.79. The van der Waals surface area contributed by atoms with Gasteiger partial charge >= 0.3 is 5.76 Å². The normalized spacial score (nSPS) is 11.9. The van der Waals surface area contributed by atoms with Gasteiger partial charge in [0, 0.05) is 18.8 Å². The molecule has 6 nitrogen and oxygen atoms in total. The first-order valence-corrected chi connectivity index (χ1v) is 5.15. The summed E-state index contributed by atoms with van der Waals surface area (Å²) in [5.41, 5.74) is 7.09. The Balaban J connectivity index is 0.00000162. The summed E-state index contributed by atoms with van der Waals surface area (Å²) in [6, 6.07) is 4.40. The van der Waals surface area contributed by atoms with Gasteiger partial charge in [0.1, 0.15) is 0 Å². The van der Waals surface area contributed by atoms with Gasteiger partial charge in [-0.15, -0.1) is 12.4 Å². The van der Waals surface area contributed by atoms with Crippen LogP contribution in [0.25, 0.3) is 11.1 Å². The van der Waals surface area contributed by atoms with E-state index in [9.17, 15) is 9.59 Å². The highest BCUT2D eigenvalue weighted by Crippen LogP contribution is 2.17. The SMILES string of the molecule is C[C@H](N)C(=O)Nc1ccc2c(c1)oc(=O)n2C.Cl. The molecule has 0 aliphatic heterocycles. The van der Waals surface area contributed by atoms with Gasteiger partial charge in [-0.2, -0.15) is 0 Å². The number of carbonyl (C=O) groups is 1. The predicted octanol–water partition coefficient (Wildman–Crippen LogP) is 0.839. The van der Waals surface area contributed by atoms with Crippen molar-refractivity contribution in [3.63, 3.8) is 0 Å². The molecule has 1 amide bonds. The number of hydrogen-bond acceptors (Lipinski definition) is 4. The minimum atomic E-state index is -0.589. The van der Waals surface area contributed by atoms with Gasteiger partial charge < -0.3 is 15.5 Å². The van der Waals surface area contributed by atoms with E-state index in [-0.39, 0.29) is 18.3 Å². The second kappa shape index (κ2) is 5.24. The first-order chi connectivity index (χ1) is 7.99. The number of nitrogens with two attached hydrogens (primary N) is 1. The zero-order valence-corrected chi connectivity index (χ0v) is 10.8. The lowest BCUT2D eigenvalue weighted by atomic mass is 10.2. The monoisotopic (exact) mass is 271 g/mol. The number of aryl methyl sites for hydroxylation is 1. The molecule has 2 rings (SSSR count). The maximum atomic E-state index is 11.4. The van der Waals surface area contributed by atoms with E-state index in [0.717, 1.165) is 0 Å². The quantitative estimate of drug-likeness (QED) is 0.847. The number of benzene rings is 1. The average Bonchev–Trinajstić information content (AvgIpc) is 2.54. The fourth-order valence-corrected chi connectivity index (χ4v) is 1.47. The largest absolute Gasteiger partial charge is 0.419 e. The molecule has 0 aliphatic rings. The van der Waals surface area contributed by atoms with Crippen molar-refractivity contribution >= 4 is 35.1 Å². The van der Waals surface area contributed by atoms with Crippen molar-refractivity contribution in [3.05, 3.63) is 28.7 Å². The molecule has 0 bridgehead atoms. The number of oxazole rings is 1. The molecule has 98 valence electrons. The number of hydrogen-bond donors (Lipinski definition) is 2. The van der Waals surface area contributed by atoms with Crippen molar-refractivity contribution in [2.75, 3.05) is 5.32 Å². The lowest BCUT2D eigenvalue weighted by Gasteiger charge is -2.07. The Morgan fingerprint density at radius 3 is 2.78 bits per heavy atom. The molecular weight excluding hydrogens is 258 g/mol. The Kier molecular flexibility index (Phi) is 4.15. The highest BCUT2D eigenvalue weighted by Gasteiger charge is 2.10. The predicted molar refractivity (Wildman–Crippen MR) is 71.0 cm³/mol. The average molecular weight is 272 g/mol. The maximum Gasteiger partial charge on any atom is 0.419 e. The van der Waals surface area contributed by atoms with Gasteiger partial charge in [-0.05, 0) is 19.1 Å². The van der Waals surface area contributed by atoms with Gasteiger partial charge in [0.2, 0.25) is 5.91 Å². The van der Waals surface area contributed by atoms with E-state index in [1.54, 1.807) is 32.2 Å². The molecule has 1 heterocycles. The van der Waals surface area contributed by atoms with E-state index in [1.165, 1.54) is 4.57 Å². The van der Waals surface area contributed by atoms with Crippen LogP contribution in [0.15, 0.2) is 27.4 Å². The molecule has 1 aromatic heterocycles. The number of fused-ring (bicyclic) bond motifs is 1. The zero-order valence-electron chi connectivity index (χ0n) is 9.97. The first-order valence-electron chi connectivity index (χ1n) is 5.15. The van der Waals surface area contributed by atoms with Gasteiger partial charge in [-0.3, -0.25) is 9.36 Å². The Bertz CT molecular complexity index is 630. The number of amides is 1. The summed E-state index contributed by atoms with van der Waals surface area (Å²) in [5, 5.41) is 2.63. The van der Waals surface area contributed by atoms with Crippen molar-refractivity contribution in [2.45, 2.75) is 13.0 Å². The first kappa shape index (κ1) is 14.3. The zero-order chi connectivity index (χ0) is 12.6. The van der Waals surface area contributed by atoms with Crippen molar-refractivity contribution in [3.8, 4) is 0 Å². The minimum absolute atomic E-state index is 0. The van der Waals surface area contributed by atoms with Gasteiger partial charge in [0.25, 0.3) is 0 Å². The summed E-state index contributed by atoms with van der Waals surface area (Å²) in [6.45, 7) is 1.59. The molecule has 0 unspecified atom stereocenters. The van der Waals surface area contributed by atoms with E-state index < -0.39 is 11.8 Å². The van der Waals surface area contributed by atoms with E-state index >= 15 is 0 Å². The van der Waals surface area contributed by atoms with E-state index in [2.05, 4.69) is 5.32 Å². The van der Waals surface area contributed by atoms with E-state index in [0.29, 0.717) is 16.8 Å². The highest BCUT2D eigenvalue weighted by atomic mass is 35.5. The van der Waals surface area contributed by atoms with Crippen LogP contribution >= 0.6 is 12.4 Å².